The molecule has 0 spiro atoms. The van der Waals surface area contributed by atoms with Crippen LogP contribution in [0.2, 0.25) is 0 Å². The molecule has 0 saturated heterocycles. The molecule has 1 fully saturated rings. The molecule has 2 nitrogen and oxygen atoms in total. The SMILES string of the molecule is Nc1c(F)cccc1N(Cc1ccsc1)C1CC1. The molecule has 18 heavy (non-hydrogen) atoms. The van der Waals surface area contributed by atoms with Gasteiger partial charge in [0.25, 0.3) is 0 Å². The Morgan fingerprint density at radius 2 is 2.17 bits per heavy atom. The third-order valence-electron chi connectivity index (χ3n) is 3.26. The van der Waals surface area contributed by atoms with Crippen molar-refractivity contribution in [1.29, 1.82) is 0 Å². The van der Waals surface area contributed by atoms with Crippen molar-refractivity contribution in [2.45, 2.75) is 25.4 Å². The van der Waals surface area contributed by atoms with Crippen LogP contribution in [0.3, 0.4) is 0 Å². The highest BCUT2D eigenvalue weighted by molar-refractivity contribution is 7.07. The van der Waals surface area contributed by atoms with Crippen LogP contribution in [0, 0.1) is 5.82 Å². The average molecular weight is 262 g/mol. The van der Waals surface area contributed by atoms with E-state index in [0.717, 1.165) is 12.2 Å². The van der Waals surface area contributed by atoms with Crippen molar-refractivity contribution < 1.29 is 4.39 Å². The van der Waals surface area contributed by atoms with E-state index in [1.807, 2.05) is 6.07 Å². The fourth-order valence-electron chi connectivity index (χ4n) is 2.15. The molecule has 2 N–H and O–H groups in total. The lowest BCUT2D eigenvalue weighted by Gasteiger charge is -2.25. The van der Waals surface area contributed by atoms with Crippen molar-refractivity contribution in [1.82, 2.24) is 0 Å². The second-order valence-electron chi connectivity index (χ2n) is 4.66. The van der Waals surface area contributed by atoms with Crippen molar-refractivity contribution in [2.24, 2.45) is 0 Å². The van der Waals surface area contributed by atoms with E-state index in [9.17, 15) is 4.39 Å². The Labute approximate surface area is 110 Å². The van der Waals surface area contributed by atoms with Crippen LogP contribution in [0.25, 0.3) is 0 Å². The molecule has 1 heterocycles. The predicted octanol–water partition coefficient (Wildman–Crippen LogP) is 3.64. The monoisotopic (exact) mass is 262 g/mol. The number of nitrogens with two attached hydrogens (primary N) is 1. The minimum atomic E-state index is -0.330. The second kappa shape index (κ2) is 4.61. The summed E-state index contributed by atoms with van der Waals surface area (Å²) in [6.07, 6.45) is 2.33. The Morgan fingerprint density at radius 3 is 2.83 bits per heavy atom. The van der Waals surface area contributed by atoms with Crippen molar-refractivity contribution in [3.8, 4) is 0 Å². The van der Waals surface area contributed by atoms with E-state index in [1.54, 1.807) is 17.4 Å². The average Bonchev–Trinajstić information content (AvgIpc) is 3.08. The first-order chi connectivity index (χ1) is 8.75. The summed E-state index contributed by atoms with van der Waals surface area (Å²) < 4.78 is 13.6. The summed E-state index contributed by atoms with van der Waals surface area (Å²) in [5.41, 5.74) is 8.21. The molecule has 94 valence electrons. The van der Waals surface area contributed by atoms with Gasteiger partial charge < -0.3 is 10.6 Å². The second-order valence-corrected chi connectivity index (χ2v) is 5.44. The highest BCUT2D eigenvalue weighted by atomic mass is 32.1. The minimum absolute atomic E-state index is 0.264. The van der Waals surface area contributed by atoms with Crippen molar-refractivity contribution in [2.75, 3.05) is 10.6 Å². The lowest BCUT2D eigenvalue weighted by Crippen LogP contribution is -2.26. The molecule has 1 saturated carbocycles. The number of halogens is 1. The maximum absolute atomic E-state index is 13.6. The number of nitrogen functional groups attached to an aromatic ring is 1. The van der Waals surface area contributed by atoms with Gasteiger partial charge in [0, 0.05) is 12.6 Å². The third kappa shape index (κ3) is 2.20. The van der Waals surface area contributed by atoms with Gasteiger partial charge >= 0.3 is 0 Å². The summed E-state index contributed by atoms with van der Waals surface area (Å²) in [5, 5.41) is 4.19. The molecule has 0 aliphatic heterocycles. The molecule has 2 aromatic rings. The van der Waals surface area contributed by atoms with Crippen LogP contribution in [0.1, 0.15) is 18.4 Å². The normalized spacial score (nSPS) is 14.7. The zero-order chi connectivity index (χ0) is 12.5. The Balaban J connectivity index is 1.91. The number of para-hydroxylation sites is 1. The van der Waals surface area contributed by atoms with Crippen LogP contribution < -0.4 is 10.6 Å². The summed E-state index contributed by atoms with van der Waals surface area (Å²) in [6.45, 7) is 0.807. The fourth-order valence-corrected chi connectivity index (χ4v) is 2.81. The number of rotatable bonds is 4. The van der Waals surface area contributed by atoms with Gasteiger partial charge in [-0.05, 0) is 47.4 Å². The van der Waals surface area contributed by atoms with Crippen molar-refractivity contribution in [3.05, 3.63) is 46.4 Å². The van der Waals surface area contributed by atoms with Crippen LogP contribution in [-0.4, -0.2) is 6.04 Å². The molecule has 3 rings (SSSR count). The standard InChI is InChI=1S/C14H15FN2S/c15-12-2-1-3-13(14(12)16)17(11-4-5-11)8-10-6-7-18-9-10/h1-3,6-7,9,11H,4-5,8,16H2. The van der Waals surface area contributed by atoms with E-state index in [4.69, 9.17) is 5.73 Å². The number of anilines is 2. The van der Waals surface area contributed by atoms with Gasteiger partial charge in [-0.25, -0.2) is 4.39 Å². The molecule has 1 aliphatic carbocycles. The van der Waals surface area contributed by atoms with Crippen LogP contribution in [-0.2, 0) is 6.54 Å². The topological polar surface area (TPSA) is 29.3 Å². The lowest BCUT2D eigenvalue weighted by atomic mass is 10.2. The molecular formula is C14H15FN2S. The summed E-state index contributed by atoms with van der Waals surface area (Å²) in [7, 11) is 0. The lowest BCUT2D eigenvalue weighted by molar-refractivity contribution is 0.631. The van der Waals surface area contributed by atoms with Crippen LogP contribution in [0.4, 0.5) is 15.8 Å². The Morgan fingerprint density at radius 1 is 1.33 bits per heavy atom. The molecule has 1 aliphatic rings. The number of thiophene rings is 1. The van der Waals surface area contributed by atoms with Crippen LogP contribution in [0.15, 0.2) is 35.0 Å². The van der Waals surface area contributed by atoms with Gasteiger partial charge in [0.05, 0.1) is 11.4 Å². The highest BCUT2D eigenvalue weighted by Gasteiger charge is 2.30. The molecule has 0 amide bonds. The van der Waals surface area contributed by atoms with Gasteiger partial charge in [-0.15, -0.1) is 0 Å². The summed E-state index contributed by atoms with van der Waals surface area (Å²) >= 11 is 1.68. The number of hydrogen-bond donors (Lipinski definition) is 1. The minimum Gasteiger partial charge on any atom is -0.395 e. The summed E-state index contributed by atoms with van der Waals surface area (Å²) in [5.74, 6) is -0.330. The third-order valence-corrected chi connectivity index (χ3v) is 3.99. The predicted molar refractivity (Wildman–Crippen MR) is 74.3 cm³/mol. The van der Waals surface area contributed by atoms with E-state index >= 15 is 0 Å². The smallest absolute Gasteiger partial charge is 0.148 e. The van der Waals surface area contributed by atoms with Gasteiger partial charge in [-0.3, -0.25) is 0 Å². The zero-order valence-corrected chi connectivity index (χ0v) is 10.8. The Bertz CT molecular complexity index is 535. The summed E-state index contributed by atoms with van der Waals surface area (Å²) in [4.78, 5) is 2.22. The quantitative estimate of drug-likeness (QED) is 0.852. The van der Waals surface area contributed by atoms with Gasteiger partial charge in [-0.1, -0.05) is 6.07 Å². The van der Waals surface area contributed by atoms with Gasteiger partial charge in [0.2, 0.25) is 0 Å². The first-order valence-electron chi connectivity index (χ1n) is 6.07. The van der Waals surface area contributed by atoms with E-state index in [0.29, 0.717) is 6.04 Å². The molecule has 1 aromatic carbocycles. The molecular weight excluding hydrogens is 247 g/mol. The molecule has 0 bridgehead atoms. The van der Waals surface area contributed by atoms with Gasteiger partial charge in [0.15, 0.2) is 0 Å². The molecule has 0 unspecified atom stereocenters. The van der Waals surface area contributed by atoms with E-state index < -0.39 is 0 Å². The van der Waals surface area contributed by atoms with E-state index in [2.05, 4.69) is 21.7 Å². The van der Waals surface area contributed by atoms with Crippen LogP contribution >= 0.6 is 11.3 Å². The molecule has 4 heteroatoms. The maximum atomic E-state index is 13.6. The molecule has 0 atom stereocenters. The largest absolute Gasteiger partial charge is 0.395 e. The van der Waals surface area contributed by atoms with Gasteiger partial charge in [-0.2, -0.15) is 11.3 Å². The number of nitrogens with zero attached hydrogens (tertiary/aromatic N) is 1. The van der Waals surface area contributed by atoms with Gasteiger partial charge in [0.1, 0.15) is 5.82 Å². The van der Waals surface area contributed by atoms with E-state index in [-0.39, 0.29) is 11.5 Å². The van der Waals surface area contributed by atoms with Crippen molar-refractivity contribution >= 4 is 22.7 Å². The molecule has 1 aromatic heterocycles. The Kier molecular flexibility index (Phi) is 2.96. The highest BCUT2D eigenvalue weighted by Crippen LogP contribution is 2.37. The Hall–Kier alpha value is -1.55. The summed E-state index contributed by atoms with van der Waals surface area (Å²) in [6, 6.07) is 7.66. The molecule has 0 radical (unpaired) electrons. The fraction of sp³-hybridized carbons (Fsp3) is 0.286. The van der Waals surface area contributed by atoms with Crippen molar-refractivity contribution in [3.63, 3.8) is 0 Å². The van der Waals surface area contributed by atoms with E-state index in [1.165, 1.54) is 24.5 Å². The van der Waals surface area contributed by atoms with Crippen LogP contribution in [0.5, 0.6) is 0 Å². The number of benzene rings is 1. The first kappa shape index (κ1) is 11.5. The first-order valence-corrected chi connectivity index (χ1v) is 7.01. The zero-order valence-electron chi connectivity index (χ0n) is 9.97. The maximum Gasteiger partial charge on any atom is 0.148 e. The number of hydrogen-bond acceptors (Lipinski definition) is 3.